The Balaban J connectivity index is 2.08. The molecular formula is C17H22N4O. The molecule has 1 aromatic carbocycles. The lowest BCUT2D eigenvalue weighted by atomic mass is 10.1. The number of aromatic nitrogens is 2. The Labute approximate surface area is 131 Å². The van der Waals surface area contributed by atoms with Crippen molar-refractivity contribution < 1.29 is 4.79 Å². The molecule has 1 amide bonds. The number of carbonyl (C=O) groups excluding carboxylic acids is 1. The van der Waals surface area contributed by atoms with Crippen molar-refractivity contribution >= 4 is 17.4 Å². The fourth-order valence-electron chi connectivity index (χ4n) is 2.05. The van der Waals surface area contributed by atoms with Crippen LogP contribution in [0.3, 0.4) is 0 Å². The molecule has 22 heavy (non-hydrogen) atoms. The van der Waals surface area contributed by atoms with Crippen molar-refractivity contribution in [2.24, 2.45) is 5.92 Å². The van der Waals surface area contributed by atoms with Crippen molar-refractivity contribution in [3.63, 3.8) is 0 Å². The average molecular weight is 298 g/mol. The molecule has 0 saturated heterocycles. The summed E-state index contributed by atoms with van der Waals surface area (Å²) >= 11 is 0. The molecule has 5 nitrogen and oxygen atoms in total. The highest BCUT2D eigenvalue weighted by Crippen LogP contribution is 2.22. The lowest BCUT2D eigenvalue weighted by Crippen LogP contribution is -2.28. The smallest absolute Gasteiger partial charge is 0.271 e. The van der Waals surface area contributed by atoms with Gasteiger partial charge in [0.25, 0.3) is 5.91 Å². The van der Waals surface area contributed by atoms with Crippen molar-refractivity contribution in [1.29, 1.82) is 0 Å². The van der Waals surface area contributed by atoms with Crippen LogP contribution in [0.5, 0.6) is 0 Å². The van der Waals surface area contributed by atoms with Gasteiger partial charge in [0.1, 0.15) is 0 Å². The zero-order valence-electron chi connectivity index (χ0n) is 13.5. The molecule has 116 valence electrons. The van der Waals surface area contributed by atoms with Gasteiger partial charge in [-0.05, 0) is 43.0 Å². The van der Waals surface area contributed by atoms with Gasteiger partial charge in [-0.2, -0.15) is 0 Å². The quantitative estimate of drug-likeness (QED) is 0.889. The van der Waals surface area contributed by atoms with Crippen LogP contribution in [0.4, 0.5) is 11.5 Å². The fourth-order valence-corrected chi connectivity index (χ4v) is 2.05. The van der Waals surface area contributed by atoms with Crippen LogP contribution in [0.2, 0.25) is 0 Å². The Morgan fingerprint density at radius 1 is 1.09 bits per heavy atom. The highest BCUT2D eigenvalue weighted by Gasteiger charge is 2.09. The van der Waals surface area contributed by atoms with Crippen LogP contribution >= 0.6 is 0 Å². The average Bonchev–Trinajstić information content (AvgIpc) is 2.49. The first-order valence-corrected chi connectivity index (χ1v) is 7.42. The molecule has 5 heteroatoms. The summed E-state index contributed by atoms with van der Waals surface area (Å²) in [5, 5.41) is 14.1. The maximum Gasteiger partial charge on any atom is 0.271 e. The standard InChI is InChI=1S/C17H22N4O/c1-11(2)10-18-17(22)14-8-9-15(21-20-14)19-16-12(3)6-5-7-13(16)4/h5-9,11H,10H2,1-4H3,(H,18,22)(H,19,21). The van der Waals surface area contributed by atoms with Crippen LogP contribution in [-0.4, -0.2) is 22.6 Å². The van der Waals surface area contributed by atoms with Gasteiger partial charge in [0.05, 0.1) is 0 Å². The maximum absolute atomic E-state index is 11.9. The SMILES string of the molecule is Cc1cccc(C)c1Nc1ccc(C(=O)NCC(C)C)nn1. The van der Waals surface area contributed by atoms with Crippen LogP contribution in [0, 0.1) is 19.8 Å². The number of para-hydroxylation sites is 1. The molecule has 0 spiro atoms. The van der Waals surface area contributed by atoms with Crippen molar-refractivity contribution in [3.05, 3.63) is 47.2 Å². The Morgan fingerprint density at radius 2 is 1.77 bits per heavy atom. The lowest BCUT2D eigenvalue weighted by molar-refractivity contribution is 0.0943. The molecule has 0 atom stereocenters. The highest BCUT2D eigenvalue weighted by atomic mass is 16.1. The maximum atomic E-state index is 11.9. The van der Waals surface area contributed by atoms with Gasteiger partial charge in [0, 0.05) is 12.2 Å². The molecule has 2 aromatic rings. The van der Waals surface area contributed by atoms with Gasteiger partial charge in [-0.15, -0.1) is 10.2 Å². The van der Waals surface area contributed by atoms with E-state index in [1.165, 1.54) is 0 Å². The Hall–Kier alpha value is -2.43. The minimum absolute atomic E-state index is 0.195. The molecule has 0 aliphatic rings. The molecule has 1 heterocycles. The predicted molar refractivity (Wildman–Crippen MR) is 88.4 cm³/mol. The molecule has 2 rings (SSSR count). The normalized spacial score (nSPS) is 10.6. The number of nitrogens with zero attached hydrogens (tertiary/aromatic N) is 2. The summed E-state index contributed by atoms with van der Waals surface area (Å²) in [5.74, 6) is 0.833. The number of nitrogens with one attached hydrogen (secondary N) is 2. The summed E-state index contributed by atoms with van der Waals surface area (Å²) in [6.45, 7) is 8.79. The van der Waals surface area contributed by atoms with E-state index >= 15 is 0 Å². The summed E-state index contributed by atoms with van der Waals surface area (Å²) in [4.78, 5) is 11.9. The van der Waals surface area contributed by atoms with Gasteiger partial charge < -0.3 is 10.6 Å². The van der Waals surface area contributed by atoms with E-state index in [2.05, 4.69) is 20.8 Å². The molecule has 2 N–H and O–H groups in total. The zero-order valence-corrected chi connectivity index (χ0v) is 13.5. The number of amides is 1. The topological polar surface area (TPSA) is 66.9 Å². The number of carbonyl (C=O) groups is 1. The van der Waals surface area contributed by atoms with E-state index in [1.807, 2.05) is 45.9 Å². The number of rotatable bonds is 5. The lowest BCUT2D eigenvalue weighted by Gasteiger charge is -2.11. The summed E-state index contributed by atoms with van der Waals surface area (Å²) in [7, 11) is 0. The van der Waals surface area contributed by atoms with Crippen molar-refractivity contribution in [1.82, 2.24) is 15.5 Å². The van der Waals surface area contributed by atoms with Gasteiger partial charge in [0.15, 0.2) is 11.5 Å². The van der Waals surface area contributed by atoms with E-state index in [0.29, 0.717) is 24.0 Å². The van der Waals surface area contributed by atoms with Gasteiger partial charge >= 0.3 is 0 Å². The number of hydrogen-bond donors (Lipinski definition) is 2. The van der Waals surface area contributed by atoms with Gasteiger partial charge in [-0.1, -0.05) is 32.0 Å². The fraction of sp³-hybridized carbons (Fsp3) is 0.353. The molecule has 0 bridgehead atoms. The van der Waals surface area contributed by atoms with Crippen LogP contribution in [0.15, 0.2) is 30.3 Å². The van der Waals surface area contributed by atoms with Gasteiger partial charge in [-0.25, -0.2) is 0 Å². The minimum Gasteiger partial charge on any atom is -0.350 e. The first-order chi connectivity index (χ1) is 10.5. The summed E-state index contributed by atoms with van der Waals surface area (Å²) in [6, 6.07) is 9.54. The number of anilines is 2. The first kappa shape index (κ1) is 15.9. The second kappa shape index (κ2) is 7.02. The van der Waals surface area contributed by atoms with Gasteiger partial charge in [-0.3, -0.25) is 4.79 Å². The van der Waals surface area contributed by atoms with E-state index in [9.17, 15) is 4.79 Å². The molecule has 0 radical (unpaired) electrons. The Morgan fingerprint density at radius 3 is 2.32 bits per heavy atom. The van der Waals surface area contributed by atoms with Crippen molar-refractivity contribution in [2.75, 3.05) is 11.9 Å². The third kappa shape index (κ3) is 4.04. The van der Waals surface area contributed by atoms with Crippen LogP contribution in [0.25, 0.3) is 0 Å². The van der Waals surface area contributed by atoms with E-state index in [0.717, 1.165) is 16.8 Å². The third-order valence-electron chi connectivity index (χ3n) is 3.30. The predicted octanol–water partition coefficient (Wildman–Crippen LogP) is 3.22. The summed E-state index contributed by atoms with van der Waals surface area (Å²) in [6.07, 6.45) is 0. The second-order valence-corrected chi connectivity index (χ2v) is 5.80. The van der Waals surface area contributed by atoms with Crippen molar-refractivity contribution in [3.8, 4) is 0 Å². The number of aryl methyl sites for hydroxylation is 2. The van der Waals surface area contributed by atoms with Crippen LogP contribution < -0.4 is 10.6 Å². The largest absolute Gasteiger partial charge is 0.350 e. The Bertz CT molecular complexity index is 630. The number of benzene rings is 1. The Kier molecular flexibility index (Phi) is 5.09. The molecule has 0 aliphatic carbocycles. The van der Waals surface area contributed by atoms with Gasteiger partial charge in [0.2, 0.25) is 0 Å². The monoisotopic (exact) mass is 298 g/mol. The molecule has 0 saturated carbocycles. The highest BCUT2D eigenvalue weighted by molar-refractivity contribution is 5.92. The molecule has 0 unspecified atom stereocenters. The zero-order chi connectivity index (χ0) is 16.1. The summed E-state index contributed by atoms with van der Waals surface area (Å²) < 4.78 is 0. The number of hydrogen-bond acceptors (Lipinski definition) is 4. The molecule has 1 aromatic heterocycles. The van der Waals surface area contributed by atoms with E-state index in [1.54, 1.807) is 12.1 Å². The minimum atomic E-state index is -0.195. The molecule has 0 fully saturated rings. The first-order valence-electron chi connectivity index (χ1n) is 7.42. The van der Waals surface area contributed by atoms with Crippen LogP contribution in [-0.2, 0) is 0 Å². The summed E-state index contributed by atoms with van der Waals surface area (Å²) in [5.41, 5.74) is 3.63. The molecular weight excluding hydrogens is 276 g/mol. The van der Waals surface area contributed by atoms with E-state index < -0.39 is 0 Å². The van der Waals surface area contributed by atoms with E-state index in [-0.39, 0.29) is 5.91 Å². The van der Waals surface area contributed by atoms with Crippen molar-refractivity contribution in [2.45, 2.75) is 27.7 Å². The van der Waals surface area contributed by atoms with Crippen LogP contribution in [0.1, 0.15) is 35.5 Å². The second-order valence-electron chi connectivity index (χ2n) is 5.80. The van der Waals surface area contributed by atoms with E-state index in [4.69, 9.17) is 0 Å². The molecule has 0 aliphatic heterocycles. The third-order valence-corrected chi connectivity index (χ3v) is 3.30.